The SMILES string of the molecule is CCCCCCCCCCCCCCCCCCCCCCCCC/C=C/CCCC(O)C(O)C(CO)NC(=O)C(O)CCCCCCCCCCCCCCCCCCCCCCCCCCCCC. The summed E-state index contributed by atoms with van der Waals surface area (Å²) in [4.78, 5) is 12.6. The Morgan fingerprint density at radius 1 is 0.338 bits per heavy atom. The number of carbonyl (C=O) groups excluding carboxylic acids is 1. The Balaban J connectivity index is 3.57. The number of aliphatic hydroxyl groups is 4. The Morgan fingerprint density at radius 2 is 0.577 bits per heavy atom. The number of hydrogen-bond acceptors (Lipinski definition) is 5. The molecule has 1 amide bonds. The Kier molecular flexibility index (Phi) is 59.1. The fourth-order valence-electron chi connectivity index (χ4n) is 10.6. The van der Waals surface area contributed by atoms with E-state index in [0.717, 1.165) is 38.5 Å². The van der Waals surface area contributed by atoms with Crippen LogP contribution in [-0.4, -0.2) is 57.3 Å². The summed E-state index contributed by atoms with van der Waals surface area (Å²) < 4.78 is 0. The van der Waals surface area contributed by atoms with Crippen molar-refractivity contribution in [1.82, 2.24) is 5.32 Å². The van der Waals surface area contributed by atoms with Gasteiger partial charge in [-0.2, -0.15) is 0 Å². The van der Waals surface area contributed by atoms with Crippen LogP contribution in [0.4, 0.5) is 0 Å². The van der Waals surface area contributed by atoms with E-state index in [9.17, 15) is 25.2 Å². The Hall–Kier alpha value is -0.950. The van der Waals surface area contributed by atoms with Gasteiger partial charge in [0, 0.05) is 0 Å². The van der Waals surface area contributed by atoms with Crippen molar-refractivity contribution >= 4 is 5.91 Å². The molecule has 6 heteroatoms. The lowest BCUT2D eigenvalue weighted by molar-refractivity contribution is -0.132. The van der Waals surface area contributed by atoms with Crippen LogP contribution in [0.2, 0.25) is 0 Å². The van der Waals surface area contributed by atoms with Gasteiger partial charge in [0.25, 0.3) is 0 Å². The Labute approximate surface area is 444 Å². The number of unbranched alkanes of at least 4 members (excludes halogenated alkanes) is 50. The molecule has 424 valence electrons. The van der Waals surface area contributed by atoms with Crippen molar-refractivity contribution in [3.05, 3.63) is 12.2 Å². The average Bonchev–Trinajstić information content (AvgIpc) is 3.38. The Morgan fingerprint density at radius 3 is 0.845 bits per heavy atom. The summed E-state index contributed by atoms with van der Waals surface area (Å²) in [5, 5.41) is 44.1. The quantitative estimate of drug-likeness (QED) is 0.0308. The molecule has 0 radical (unpaired) electrons. The van der Waals surface area contributed by atoms with Gasteiger partial charge in [0.15, 0.2) is 0 Å². The second kappa shape index (κ2) is 59.9. The molecular formula is C65H129NO5. The molecule has 0 aromatic carbocycles. The summed E-state index contributed by atoms with van der Waals surface area (Å²) >= 11 is 0. The van der Waals surface area contributed by atoms with E-state index < -0.39 is 36.9 Å². The summed E-state index contributed by atoms with van der Waals surface area (Å²) in [6.07, 6.45) is 73.2. The molecule has 0 heterocycles. The molecule has 71 heavy (non-hydrogen) atoms. The maximum Gasteiger partial charge on any atom is 0.249 e. The van der Waals surface area contributed by atoms with Crippen molar-refractivity contribution in [2.24, 2.45) is 0 Å². The fourth-order valence-corrected chi connectivity index (χ4v) is 10.6. The molecule has 0 saturated carbocycles. The molecule has 0 saturated heterocycles. The first-order valence-electron chi connectivity index (χ1n) is 32.6. The number of carbonyl (C=O) groups is 1. The summed E-state index contributed by atoms with van der Waals surface area (Å²) in [5.41, 5.74) is 0. The van der Waals surface area contributed by atoms with Crippen molar-refractivity contribution in [1.29, 1.82) is 0 Å². The third-order valence-electron chi connectivity index (χ3n) is 15.7. The van der Waals surface area contributed by atoms with Crippen molar-refractivity contribution < 1.29 is 25.2 Å². The van der Waals surface area contributed by atoms with Crippen molar-refractivity contribution in [3.8, 4) is 0 Å². The van der Waals surface area contributed by atoms with Gasteiger partial charge < -0.3 is 25.7 Å². The zero-order chi connectivity index (χ0) is 51.6. The van der Waals surface area contributed by atoms with E-state index >= 15 is 0 Å². The van der Waals surface area contributed by atoms with Gasteiger partial charge >= 0.3 is 0 Å². The first-order chi connectivity index (χ1) is 35.0. The molecule has 0 spiro atoms. The Bertz CT molecular complexity index is 1040. The molecule has 0 fully saturated rings. The zero-order valence-corrected chi connectivity index (χ0v) is 48.3. The smallest absolute Gasteiger partial charge is 0.249 e. The second-order valence-corrected chi connectivity index (χ2v) is 22.8. The normalized spacial score (nSPS) is 13.6. The second-order valence-electron chi connectivity index (χ2n) is 22.8. The van der Waals surface area contributed by atoms with E-state index in [1.807, 2.05) is 0 Å². The van der Waals surface area contributed by atoms with Crippen LogP contribution in [0.15, 0.2) is 12.2 Å². The van der Waals surface area contributed by atoms with Crippen LogP contribution in [0, 0.1) is 0 Å². The highest BCUT2D eigenvalue weighted by atomic mass is 16.3. The van der Waals surface area contributed by atoms with Gasteiger partial charge in [-0.25, -0.2) is 0 Å². The molecule has 0 aromatic rings. The van der Waals surface area contributed by atoms with Gasteiger partial charge in [0.2, 0.25) is 5.91 Å². The fraction of sp³-hybridized carbons (Fsp3) is 0.954. The topological polar surface area (TPSA) is 110 Å². The third-order valence-corrected chi connectivity index (χ3v) is 15.7. The van der Waals surface area contributed by atoms with Crippen molar-refractivity contribution in [2.75, 3.05) is 6.61 Å². The molecular weight excluding hydrogens is 875 g/mol. The largest absolute Gasteiger partial charge is 0.394 e. The van der Waals surface area contributed by atoms with Gasteiger partial charge in [0.1, 0.15) is 12.2 Å². The molecule has 0 aliphatic rings. The van der Waals surface area contributed by atoms with E-state index in [2.05, 4.69) is 31.3 Å². The highest BCUT2D eigenvalue weighted by molar-refractivity contribution is 5.80. The standard InChI is InChI=1S/C65H129NO5/c1-3-5-7-9-11-13-15-17-19-21-23-25-27-29-31-33-34-36-38-40-42-44-46-48-50-52-54-56-58-62(68)64(70)61(60-67)66-65(71)63(69)59-57-55-53-51-49-47-45-43-41-39-37-35-32-30-28-26-24-22-20-18-16-14-12-10-8-6-4-2/h50,52,61-64,67-70H,3-49,51,53-60H2,1-2H3,(H,66,71)/b52-50+. The number of rotatable bonds is 61. The molecule has 5 N–H and O–H groups in total. The molecule has 0 aromatic heterocycles. The first kappa shape index (κ1) is 70.1. The van der Waals surface area contributed by atoms with E-state index in [-0.39, 0.29) is 0 Å². The molecule has 0 aliphatic carbocycles. The lowest BCUT2D eigenvalue weighted by Crippen LogP contribution is -2.53. The molecule has 4 atom stereocenters. The van der Waals surface area contributed by atoms with Crippen LogP contribution >= 0.6 is 0 Å². The van der Waals surface area contributed by atoms with Gasteiger partial charge in [-0.15, -0.1) is 0 Å². The number of nitrogens with one attached hydrogen (secondary N) is 1. The molecule has 0 aliphatic heterocycles. The van der Waals surface area contributed by atoms with E-state index in [1.165, 1.54) is 302 Å². The van der Waals surface area contributed by atoms with E-state index in [4.69, 9.17) is 0 Å². The molecule has 0 bridgehead atoms. The van der Waals surface area contributed by atoms with Gasteiger partial charge in [-0.1, -0.05) is 341 Å². The maximum atomic E-state index is 12.6. The van der Waals surface area contributed by atoms with Crippen molar-refractivity contribution in [2.45, 2.75) is 391 Å². The minimum atomic E-state index is -1.28. The third kappa shape index (κ3) is 53.7. The highest BCUT2D eigenvalue weighted by Crippen LogP contribution is 2.19. The highest BCUT2D eigenvalue weighted by Gasteiger charge is 2.28. The van der Waals surface area contributed by atoms with E-state index in [0.29, 0.717) is 12.8 Å². The monoisotopic (exact) mass is 1000 g/mol. The van der Waals surface area contributed by atoms with Crippen molar-refractivity contribution in [3.63, 3.8) is 0 Å². The van der Waals surface area contributed by atoms with E-state index in [1.54, 1.807) is 0 Å². The van der Waals surface area contributed by atoms with Gasteiger partial charge in [-0.05, 0) is 38.5 Å². The summed E-state index contributed by atoms with van der Waals surface area (Å²) in [6.45, 7) is 4.10. The predicted octanol–water partition coefficient (Wildman–Crippen LogP) is 19.6. The van der Waals surface area contributed by atoms with Gasteiger partial charge in [0.05, 0.1) is 18.8 Å². The number of amides is 1. The van der Waals surface area contributed by atoms with Crippen LogP contribution in [0.1, 0.15) is 367 Å². The van der Waals surface area contributed by atoms with Crippen LogP contribution < -0.4 is 5.32 Å². The molecule has 4 unspecified atom stereocenters. The predicted molar refractivity (Wildman–Crippen MR) is 311 cm³/mol. The lowest BCUT2D eigenvalue weighted by atomic mass is 10.00. The zero-order valence-electron chi connectivity index (χ0n) is 48.3. The number of aliphatic hydroxyl groups excluding tert-OH is 4. The van der Waals surface area contributed by atoms with Crippen LogP contribution in [0.5, 0.6) is 0 Å². The summed E-state index contributed by atoms with van der Waals surface area (Å²) in [5.74, 6) is -0.585. The average molecular weight is 1000 g/mol. The number of hydrogen-bond donors (Lipinski definition) is 5. The minimum absolute atomic E-state index is 0.369. The minimum Gasteiger partial charge on any atom is -0.394 e. The van der Waals surface area contributed by atoms with Crippen LogP contribution in [0.3, 0.4) is 0 Å². The molecule has 0 rings (SSSR count). The van der Waals surface area contributed by atoms with Crippen LogP contribution in [-0.2, 0) is 4.79 Å². The van der Waals surface area contributed by atoms with Gasteiger partial charge in [-0.3, -0.25) is 4.79 Å². The first-order valence-corrected chi connectivity index (χ1v) is 32.6. The summed E-state index contributed by atoms with van der Waals surface area (Å²) in [7, 11) is 0. The number of allylic oxidation sites excluding steroid dienone is 2. The lowest BCUT2D eigenvalue weighted by Gasteiger charge is -2.27. The van der Waals surface area contributed by atoms with Crippen LogP contribution in [0.25, 0.3) is 0 Å². The molecule has 6 nitrogen and oxygen atoms in total. The maximum absolute atomic E-state index is 12.6. The summed E-state index contributed by atoms with van der Waals surface area (Å²) in [6, 6.07) is -1.000.